The Morgan fingerprint density at radius 1 is 1.09 bits per heavy atom. The van der Waals surface area contributed by atoms with E-state index in [1.54, 1.807) is 12.4 Å². The number of hydrogen-bond donors (Lipinski definition) is 1. The first-order chi connectivity index (χ1) is 16.0. The average Bonchev–Trinajstić information content (AvgIpc) is 2.96. The van der Waals surface area contributed by atoms with E-state index in [9.17, 15) is 4.79 Å². The van der Waals surface area contributed by atoms with E-state index in [0.717, 1.165) is 42.1 Å². The SMILES string of the molecule is CNCCC(Oc1ccc(CN2CCN(C)c3ccncc3C2=O)cc1)c1ccc(Cl)cc1. The number of aromatic nitrogens is 1. The summed E-state index contributed by atoms with van der Waals surface area (Å²) in [6.45, 7) is 2.82. The number of rotatable bonds is 8. The summed E-state index contributed by atoms with van der Waals surface area (Å²) < 4.78 is 6.31. The number of ether oxygens (including phenoxy) is 1. The van der Waals surface area contributed by atoms with Crippen LogP contribution >= 0.6 is 11.6 Å². The maximum absolute atomic E-state index is 13.1. The van der Waals surface area contributed by atoms with Gasteiger partial charge < -0.3 is 19.9 Å². The van der Waals surface area contributed by atoms with Crippen molar-refractivity contribution in [3.63, 3.8) is 0 Å². The molecule has 0 fully saturated rings. The van der Waals surface area contributed by atoms with E-state index in [1.165, 1.54) is 0 Å². The largest absolute Gasteiger partial charge is 0.486 e. The predicted octanol–water partition coefficient (Wildman–Crippen LogP) is 4.56. The summed E-state index contributed by atoms with van der Waals surface area (Å²) >= 11 is 6.05. The van der Waals surface area contributed by atoms with E-state index < -0.39 is 0 Å². The van der Waals surface area contributed by atoms with Gasteiger partial charge >= 0.3 is 0 Å². The number of carbonyl (C=O) groups is 1. The fourth-order valence-corrected chi connectivity index (χ4v) is 4.13. The van der Waals surface area contributed by atoms with Crippen molar-refractivity contribution >= 4 is 23.2 Å². The molecule has 0 aliphatic carbocycles. The lowest BCUT2D eigenvalue weighted by Gasteiger charge is -2.22. The molecule has 0 bridgehead atoms. The monoisotopic (exact) mass is 464 g/mol. The van der Waals surface area contributed by atoms with Crippen LogP contribution in [0.1, 0.15) is 34.0 Å². The summed E-state index contributed by atoms with van der Waals surface area (Å²) in [5.74, 6) is 0.809. The molecule has 33 heavy (non-hydrogen) atoms. The first-order valence-electron chi connectivity index (χ1n) is 11.1. The van der Waals surface area contributed by atoms with Crippen LogP contribution in [0.25, 0.3) is 0 Å². The molecule has 6 nitrogen and oxygen atoms in total. The quantitative estimate of drug-likeness (QED) is 0.529. The Kier molecular flexibility index (Phi) is 7.47. The molecular weight excluding hydrogens is 436 g/mol. The molecule has 4 rings (SSSR count). The van der Waals surface area contributed by atoms with Crippen molar-refractivity contribution in [3.8, 4) is 5.75 Å². The minimum atomic E-state index is -0.0766. The van der Waals surface area contributed by atoms with Crippen molar-refractivity contribution in [2.75, 3.05) is 38.6 Å². The molecule has 1 amide bonds. The second-order valence-corrected chi connectivity index (χ2v) is 8.67. The summed E-state index contributed by atoms with van der Waals surface area (Å²) in [7, 11) is 3.94. The third-order valence-corrected chi connectivity index (χ3v) is 6.16. The van der Waals surface area contributed by atoms with Crippen molar-refractivity contribution in [1.82, 2.24) is 15.2 Å². The zero-order valence-corrected chi connectivity index (χ0v) is 19.8. The number of benzene rings is 2. The van der Waals surface area contributed by atoms with Gasteiger partial charge in [0, 0.05) is 50.5 Å². The normalized spacial score (nSPS) is 14.6. The molecule has 0 radical (unpaired) electrons. The fourth-order valence-electron chi connectivity index (χ4n) is 4.00. The Balaban J connectivity index is 1.45. The Bertz CT molecular complexity index is 1070. The number of halogens is 1. The second-order valence-electron chi connectivity index (χ2n) is 8.24. The zero-order valence-electron chi connectivity index (χ0n) is 19.0. The zero-order chi connectivity index (χ0) is 23.2. The Morgan fingerprint density at radius 2 is 1.85 bits per heavy atom. The van der Waals surface area contributed by atoms with Gasteiger partial charge in [-0.1, -0.05) is 35.9 Å². The minimum Gasteiger partial charge on any atom is -0.486 e. The number of hydrogen-bond acceptors (Lipinski definition) is 5. The van der Waals surface area contributed by atoms with Crippen LogP contribution in [0.5, 0.6) is 5.75 Å². The number of fused-ring (bicyclic) bond motifs is 1. The van der Waals surface area contributed by atoms with Gasteiger partial charge in [0.25, 0.3) is 5.91 Å². The van der Waals surface area contributed by atoms with Gasteiger partial charge in [0.15, 0.2) is 0 Å². The molecule has 1 atom stereocenters. The molecule has 1 unspecified atom stereocenters. The summed E-state index contributed by atoms with van der Waals surface area (Å²) in [5.41, 5.74) is 3.72. The molecule has 2 aromatic carbocycles. The van der Waals surface area contributed by atoms with Crippen LogP contribution in [0.4, 0.5) is 5.69 Å². The first kappa shape index (κ1) is 23.1. The number of nitrogens with one attached hydrogen (secondary N) is 1. The molecule has 1 aliphatic heterocycles. The van der Waals surface area contributed by atoms with E-state index in [1.807, 2.05) is 73.6 Å². The van der Waals surface area contributed by atoms with E-state index in [0.29, 0.717) is 23.7 Å². The van der Waals surface area contributed by atoms with Crippen LogP contribution in [0.3, 0.4) is 0 Å². The van der Waals surface area contributed by atoms with Crippen LogP contribution in [-0.2, 0) is 6.54 Å². The van der Waals surface area contributed by atoms with Crippen molar-refractivity contribution in [2.24, 2.45) is 0 Å². The van der Waals surface area contributed by atoms with E-state index >= 15 is 0 Å². The third-order valence-electron chi connectivity index (χ3n) is 5.91. The van der Waals surface area contributed by atoms with Gasteiger partial charge in [0.2, 0.25) is 0 Å². The van der Waals surface area contributed by atoms with Crippen molar-refractivity contribution < 1.29 is 9.53 Å². The van der Waals surface area contributed by atoms with Gasteiger partial charge in [-0.25, -0.2) is 0 Å². The fraction of sp³-hybridized carbons (Fsp3) is 0.308. The topological polar surface area (TPSA) is 57.7 Å². The van der Waals surface area contributed by atoms with Crippen molar-refractivity contribution in [1.29, 1.82) is 0 Å². The minimum absolute atomic E-state index is 0.0117. The second kappa shape index (κ2) is 10.7. The smallest absolute Gasteiger partial charge is 0.257 e. The molecule has 172 valence electrons. The van der Waals surface area contributed by atoms with Crippen molar-refractivity contribution in [2.45, 2.75) is 19.1 Å². The lowest BCUT2D eigenvalue weighted by molar-refractivity contribution is 0.0754. The van der Waals surface area contributed by atoms with Gasteiger partial charge in [0.1, 0.15) is 11.9 Å². The van der Waals surface area contributed by atoms with Crippen LogP contribution in [-0.4, -0.2) is 49.5 Å². The highest BCUT2D eigenvalue weighted by Gasteiger charge is 2.25. The molecule has 0 spiro atoms. The number of carbonyl (C=O) groups excluding carboxylic acids is 1. The molecule has 1 aromatic heterocycles. The molecule has 2 heterocycles. The molecular formula is C26H29ClN4O2. The van der Waals surface area contributed by atoms with Crippen LogP contribution < -0.4 is 15.0 Å². The number of nitrogens with zero attached hydrogens (tertiary/aromatic N) is 3. The molecule has 3 aromatic rings. The van der Waals surface area contributed by atoms with Crippen LogP contribution in [0, 0.1) is 0 Å². The Hall–Kier alpha value is -3.09. The summed E-state index contributed by atoms with van der Waals surface area (Å²) in [6, 6.07) is 17.7. The van der Waals surface area contributed by atoms with Crippen LogP contribution in [0.2, 0.25) is 5.02 Å². The maximum atomic E-state index is 13.1. The summed E-state index contributed by atoms with van der Waals surface area (Å²) in [5, 5.41) is 3.90. The summed E-state index contributed by atoms with van der Waals surface area (Å²) in [4.78, 5) is 21.2. The predicted molar refractivity (Wildman–Crippen MR) is 132 cm³/mol. The number of likely N-dealkylation sites (N-methyl/N-ethyl adjacent to an activating group) is 1. The Labute approximate surface area is 200 Å². The average molecular weight is 465 g/mol. The van der Waals surface area contributed by atoms with Gasteiger partial charge in [-0.3, -0.25) is 9.78 Å². The van der Waals surface area contributed by atoms with Gasteiger partial charge in [-0.2, -0.15) is 0 Å². The van der Waals surface area contributed by atoms with Crippen LogP contribution in [0.15, 0.2) is 67.0 Å². The van der Waals surface area contributed by atoms with Gasteiger partial charge in [-0.05, 0) is 55.1 Å². The van der Waals surface area contributed by atoms with Crippen molar-refractivity contribution in [3.05, 3.63) is 88.7 Å². The van der Waals surface area contributed by atoms with E-state index in [2.05, 4.69) is 15.2 Å². The third kappa shape index (κ3) is 5.64. The number of amides is 1. The molecule has 1 aliphatic rings. The lowest BCUT2D eigenvalue weighted by atomic mass is 10.1. The summed E-state index contributed by atoms with van der Waals surface area (Å²) in [6.07, 6.45) is 4.15. The molecule has 0 saturated heterocycles. The number of pyridine rings is 1. The van der Waals surface area contributed by atoms with Gasteiger partial charge in [0.05, 0.1) is 11.3 Å². The standard InChI is InChI=1S/C26H29ClN4O2/c1-28-13-12-25(20-5-7-21(27)8-6-20)33-22-9-3-19(4-10-22)18-31-16-15-30(2)24-11-14-29-17-23(24)26(31)32/h3-11,14,17,25,28H,12-13,15-16,18H2,1-2H3. The highest BCUT2D eigenvalue weighted by molar-refractivity contribution is 6.30. The molecule has 0 saturated carbocycles. The lowest BCUT2D eigenvalue weighted by Crippen LogP contribution is -2.33. The maximum Gasteiger partial charge on any atom is 0.257 e. The van der Waals surface area contributed by atoms with E-state index in [-0.39, 0.29) is 12.0 Å². The highest BCUT2D eigenvalue weighted by atomic mass is 35.5. The molecule has 7 heteroatoms. The Morgan fingerprint density at radius 3 is 2.58 bits per heavy atom. The van der Waals surface area contributed by atoms with Gasteiger partial charge in [-0.15, -0.1) is 0 Å². The van der Waals surface area contributed by atoms with E-state index in [4.69, 9.17) is 16.3 Å². The molecule has 1 N–H and O–H groups in total. The number of anilines is 1. The highest BCUT2D eigenvalue weighted by Crippen LogP contribution is 2.27. The first-order valence-corrected chi connectivity index (χ1v) is 11.5.